The average molecular weight is 1520 g/mol. The van der Waals surface area contributed by atoms with E-state index in [1.54, 1.807) is 81.3 Å². The molecule has 2 aliphatic heterocycles. The van der Waals surface area contributed by atoms with Gasteiger partial charge in [0.15, 0.2) is 29.7 Å². The molecule has 8 aromatic rings. The van der Waals surface area contributed by atoms with Crippen molar-refractivity contribution in [2.24, 2.45) is 11.7 Å². The number of alkyl halides is 2. The molecule has 3 aliphatic rings. The van der Waals surface area contributed by atoms with E-state index >= 15 is 0 Å². The standard InChI is InChI=1S/C23H26FN5O3S.C13H11ClFN3O.C13H13FN2.C10H16N2O2S.CCl2O.CH2Cl2.CH2O3.ClH.FH.Na/c1-4-5-19(16-10-11-25-22(13-16)33(3,31)32)27-23(30)28-15(2)12-20-21(28)14-26-29(20)18-8-6-17(24)7-9-18;1-8-6-11-12(17(8)13(14)19)7-16-18(11)10-4-2-9(15)3-5-10;1-9-6-10-8-15-16(13(10)7-9)12-4-2-11(14)3-5-12;1-3-4-9(11)8-5-6-12-10(7-8)15(2,13)14;2-1(3)4;2-1-3;2-1-4-3;;;/h6-11,13-15,19H,4-5,12H2,1-3H3,(H,27,30);2-5,7-8H,6H2,1H3;2-5,8-9H,6-7H2,1H3;5-7,9H,3-4,11H2,1-2H3;;1H2;1,3H;2*1H;/q;;;;;;;;;+1/p-1/t15?,19-;;;9-;;;;;;/m0..0....../s1. The van der Waals surface area contributed by atoms with E-state index in [1.807, 2.05) is 38.6 Å². The van der Waals surface area contributed by atoms with Crippen LogP contribution >= 0.6 is 70.4 Å². The van der Waals surface area contributed by atoms with Crippen molar-refractivity contribution in [3.63, 3.8) is 0 Å². The maximum absolute atomic E-state index is 13.3. The summed E-state index contributed by atoms with van der Waals surface area (Å²) < 4.78 is 89.9. The van der Waals surface area contributed by atoms with E-state index in [0.717, 1.165) is 84.3 Å². The summed E-state index contributed by atoms with van der Waals surface area (Å²) in [4.78, 5) is 55.9. The molecule has 22 nitrogen and oxygen atoms in total. The number of hydrogen-bond donors (Lipinski definition) is 2. The molecule has 0 radical (unpaired) electrons. The Kier molecular flexibility index (Phi) is 37.0. The number of nitrogens with one attached hydrogen (secondary N) is 1. The van der Waals surface area contributed by atoms with Crippen LogP contribution in [0.2, 0.25) is 0 Å². The fourth-order valence-electron chi connectivity index (χ4n) is 10.3. The third kappa shape index (κ3) is 25.2. The van der Waals surface area contributed by atoms with Gasteiger partial charge in [-0.3, -0.25) is 28.9 Å². The van der Waals surface area contributed by atoms with Gasteiger partial charge in [-0.15, -0.1) is 35.6 Å². The summed E-state index contributed by atoms with van der Waals surface area (Å²) >= 11 is 23.9. The number of halogens is 10. The van der Waals surface area contributed by atoms with Crippen LogP contribution in [-0.2, 0) is 55.0 Å². The Labute approximate surface area is 613 Å². The first kappa shape index (κ1) is 86.8. The van der Waals surface area contributed by atoms with E-state index in [2.05, 4.69) is 65.6 Å². The van der Waals surface area contributed by atoms with E-state index in [-0.39, 0.29) is 116 Å². The largest absolute Gasteiger partial charge is 1.00 e. The zero-order chi connectivity index (χ0) is 69.6. The average Bonchev–Trinajstić information content (AvgIpc) is 1.63. The van der Waals surface area contributed by atoms with E-state index in [1.165, 1.54) is 71.0 Å². The summed E-state index contributed by atoms with van der Waals surface area (Å²) in [6.07, 6.45) is 17.1. The maximum atomic E-state index is 13.3. The second-order valence-electron chi connectivity index (χ2n) is 21.5. The van der Waals surface area contributed by atoms with Gasteiger partial charge >= 0.3 is 45.7 Å². The Bertz CT molecular complexity index is 4060. The van der Waals surface area contributed by atoms with Crippen LogP contribution in [0.15, 0.2) is 138 Å². The first-order valence-electron chi connectivity index (χ1n) is 28.8. The van der Waals surface area contributed by atoms with Crippen molar-refractivity contribution in [2.45, 2.75) is 120 Å². The van der Waals surface area contributed by atoms with Gasteiger partial charge in [0.05, 0.1) is 69.8 Å². The number of nitrogens with zero attached hydrogens (tertiary/aromatic N) is 10. The van der Waals surface area contributed by atoms with Crippen molar-refractivity contribution in [3.8, 4) is 17.1 Å². The minimum Gasteiger partial charge on any atom is -0.662 e. The second kappa shape index (κ2) is 41.4. The van der Waals surface area contributed by atoms with E-state index in [9.17, 15) is 39.6 Å². The molecule has 0 saturated heterocycles. The third-order valence-electron chi connectivity index (χ3n) is 14.4. The monoisotopic (exact) mass is 1520 g/mol. The van der Waals surface area contributed by atoms with Crippen molar-refractivity contribution < 1.29 is 93.6 Å². The molecule has 5 aromatic heterocycles. The van der Waals surface area contributed by atoms with Gasteiger partial charge in [-0.25, -0.2) is 58.8 Å². The number of amides is 3. The maximum Gasteiger partial charge on any atom is 1.00 e. The van der Waals surface area contributed by atoms with Crippen LogP contribution in [0.25, 0.3) is 17.1 Å². The van der Waals surface area contributed by atoms with Gasteiger partial charge in [0.25, 0.3) is 6.47 Å². The molecule has 3 unspecified atom stereocenters. The molecular formula is C62H71Cl6F4N12NaO10S2. The smallest absolute Gasteiger partial charge is 0.662 e. The quantitative estimate of drug-likeness (QED) is 0.0159. The van der Waals surface area contributed by atoms with Gasteiger partial charge in [0.2, 0.25) is 0 Å². The van der Waals surface area contributed by atoms with Crippen molar-refractivity contribution in [1.29, 1.82) is 0 Å². The third-order valence-corrected chi connectivity index (χ3v) is 16.5. The zero-order valence-corrected chi connectivity index (χ0v) is 62.0. The van der Waals surface area contributed by atoms with Crippen molar-refractivity contribution in [2.75, 3.05) is 27.7 Å². The van der Waals surface area contributed by atoms with Gasteiger partial charge < -0.3 is 21.2 Å². The molecule has 11 rings (SSSR count). The minimum absolute atomic E-state index is 0. The number of urea groups is 1. The summed E-state index contributed by atoms with van der Waals surface area (Å²) in [5.41, 5.74) is 15.6. The number of hydrogen-bond acceptors (Lipinski definition) is 16. The Balaban J connectivity index is 0.000000432. The topological polar surface area (TPSA) is 293 Å². The minimum atomic E-state index is -3.46. The fourth-order valence-corrected chi connectivity index (χ4v) is 11.8. The Morgan fingerprint density at radius 1 is 0.649 bits per heavy atom. The van der Waals surface area contributed by atoms with E-state index in [0.29, 0.717) is 36.4 Å². The summed E-state index contributed by atoms with van der Waals surface area (Å²) in [7, 11) is -6.70. The molecule has 0 spiro atoms. The van der Waals surface area contributed by atoms with E-state index in [4.69, 9.17) is 55.4 Å². The molecule has 3 aromatic carbocycles. The van der Waals surface area contributed by atoms with Gasteiger partial charge in [0.1, 0.15) is 17.5 Å². The molecule has 0 bridgehead atoms. The number of rotatable bonds is 13. The molecule has 7 heterocycles. The number of pyridine rings is 2. The van der Waals surface area contributed by atoms with Gasteiger partial charge in [0, 0.05) is 61.6 Å². The number of anilines is 2. The van der Waals surface area contributed by atoms with Crippen LogP contribution in [0, 0.1) is 23.4 Å². The zero-order valence-electron chi connectivity index (χ0n) is 53.7. The summed E-state index contributed by atoms with van der Waals surface area (Å²) in [5.74, 6) is -0.131. The van der Waals surface area contributed by atoms with Crippen molar-refractivity contribution in [3.05, 3.63) is 179 Å². The van der Waals surface area contributed by atoms with Gasteiger partial charge in [-0.05, 0) is 194 Å². The fraction of sp³-hybridized carbons (Fsp3) is 0.339. The summed E-state index contributed by atoms with van der Waals surface area (Å²) in [5, 5.41) is 24.3. The SMILES string of the molecule is CC1Cc2c(cnn2-c2ccc(F)cc2)N1C(=O)Cl.CC1Cc2cnn(-c3ccc(F)cc3)c2C1.CCC[C@H](N)c1ccnc(S(C)(=O)=O)c1.CCC[C@H](NC(=O)N1c2cnn(-c3ccc(F)cc3)c2CC1C)c1ccnc(S(C)(=O)=O)c1.Cl.ClCCl.F.O=C(Cl)Cl.O=CO[O-].[Na+]. The molecule has 3 amide bonds. The predicted octanol–water partition coefficient (Wildman–Crippen LogP) is 9.98. The van der Waals surface area contributed by atoms with E-state index < -0.39 is 29.7 Å². The Morgan fingerprint density at radius 3 is 1.41 bits per heavy atom. The predicted molar refractivity (Wildman–Crippen MR) is 363 cm³/mol. The van der Waals surface area contributed by atoms with Gasteiger partial charge in [-0.1, -0.05) is 33.6 Å². The molecule has 97 heavy (non-hydrogen) atoms. The first-order valence-corrected chi connectivity index (χ1v) is 34.8. The van der Waals surface area contributed by atoms with Crippen LogP contribution < -0.4 is 55.7 Å². The number of nitrogens with two attached hydrogens (primary N) is 1. The molecule has 522 valence electrons. The first-order chi connectivity index (χ1) is 44.5. The normalized spacial score (nSPS) is 15.0. The molecule has 0 saturated carbocycles. The summed E-state index contributed by atoms with van der Waals surface area (Å²) in [6.45, 7) is 9.99. The molecule has 3 N–H and O–H groups in total. The number of carbonyl (C=O) groups excluding carboxylic acids is 4. The van der Waals surface area contributed by atoms with Crippen molar-refractivity contribution >= 4 is 124 Å². The number of sulfone groups is 2. The molecule has 5 atom stereocenters. The molecular weight excluding hydrogens is 1450 g/mol. The second-order valence-corrected chi connectivity index (χ2v) is 27.4. The van der Waals surface area contributed by atoms with Crippen LogP contribution in [0.5, 0.6) is 0 Å². The van der Waals surface area contributed by atoms with Crippen LogP contribution in [0.4, 0.5) is 43.6 Å². The van der Waals surface area contributed by atoms with Crippen LogP contribution in [0.3, 0.4) is 0 Å². The molecule has 0 fully saturated rings. The molecule has 35 heteroatoms. The van der Waals surface area contributed by atoms with Crippen LogP contribution in [0.1, 0.15) is 106 Å². The van der Waals surface area contributed by atoms with Crippen LogP contribution in [-0.4, -0.2) is 109 Å². The number of benzene rings is 3. The summed E-state index contributed by atoms with van der Waals surface area (Å²) in [6, 6.07) is 24.3. The Morgan fingerprint density at radius 2 is 1.02 bits per heavy atom. The van der Waals surface area contributed by atoms with Gasteiger partial charge in [-0.2, -0.15) is 15.3 Å². The number of fused-ring (bicyclic) bond motifs is 3. The number of carbonyl (C=O) groups is 4. The van der Waals surface area contributed by atoms with Crippen molar-refractivity contribution in [1.82, 2.24) is 44.6 Å². The molecule has 1 aliphatic carbocycles. The Hall–Kier alpha value is -6.25. The number of aromatic nitrogens is 8.